The number of nitrogens with zero attached hydrogens (tertiary/aromatic N) is 3. The van der Waals surface area contributed by atoms with Gasteiger partial charge >= 0.3 is 0 Å². The predicted octanol–water partition coefficient (Wildman–Crippen LogP) is 2.01. The van der Waals surface area contributed by atoms with Crippen molar-refractivity contribution in [1.82, 2.24) is 9.55 Å². The Morgan fingerprint density at radius 2 is 2.28 bits per heavy atom. The standard InChI is InChI=1S/C13H14FN3O/c1-16-6-5-15-13(16)8-17(2)12-4-3-10(9-18)7-11(12)14/h3-7,9H,8H2,1-2H3. The smallest absolute Gasteiger partial charge is 0.150 e. The monoisotopic (exact) mass is 247 g/mol. The SMILES string of the molecule is CN(Cc1nccn1C)c1ccc(C=O)cc1F. The molecule has 0 N–H and O–H groups in total. The first-order valence-electron chi connectivity index (χ1n) is 5.54. The molecule has 1 heterocycles. The van der Waals surface area contributed by atoms with Gasteiger partial charge in [0, 0.05) is 32.1 Å². The Balaban J connectivity index is 2.21. The lowest BCUT2D eigenvalue weighted by Gasteiger charge is -2.19. The third kappa shape index (κ3) is 2.40. The second-order valence-corrected chi connectivity index (χ2v) is 4.14. The number of hydrogen-bond donors (Lipinski definition) is 0. The molecule has 0 saturated heterocycles. The van der Waals surface area contributed by atoms with Gasteiger partial charge in [0.25, 0.3) is 0 Å². The molecule has 0 fully saturated rings. The van der Waals surface area contributed by atoms with Crippen molar-refractivity contribution in [2.45, 2.75) is 6.54 Å². The molecule has 1 aromatic carbocycles. The van der Waals surface area contributed by atoms with E-state index in [9.17, 15) is 9.18 Å². The summed E-state index contributed by atoms with van der Waals surface area (Å²) >= 11 is 0. The van der Waals surface area contributed by atoms with E-state index >= 15 is 0 Å². The molecule has 0 unspecified atom stereocenters. The summed E-state index contributed by atoms with van der Waals surface area (Å²) in [5.41, 5.74) is 0.783. The molecule has 1 aromatic heterocycles. The molecule has 2 aromatic rings. The summed E-state index contributed by atoms with van der Waals surface area (Å²) in [6.07, 6.45) is 4.18. The van der Waals surface area contributed by atoms with E-state index in [2.05, 4.69) is 4.98 Å². The lowest BCUT2D eigenvalue weighted by molar-refractivity contribution is 0.112. The van der Waals surface area contributed by atoms with Gasteiger partial charge in [0.2, 0.25) is 0 Å². The van der Waals surface area contributed by atoms with E-state index in [-0.39, 0.29) is 0 Å². The number of anilines is 1. The molecule has 0 aliphatic carbocycles. The number of aldehydes is 1. The van der Waals surface area contributed by atoms with Crippen LogP contribution < -0.4 is 4.90 Å². The zero-order valence-corrected chi connectivity index (χ0v) is 10.3. The molecule has 4 nitrogen and oxygen atoms in total. The van der Waals surface area contributed by atoms with Crippen LogP contribution in [0, 0.1) is 5.82 Å². The quantitative estimate of drug-likeness (QED) is 0.776. The average molecular weight is 247 g/mol. The Bertz CT molecular complexity index is 565. The van der Waals surface area contributed by atoms with Crippen LogP contribution in [0.5, 0.6) is 0 Å². The second kappa shape index (κ2) is 5.00. The van der Waals surface area contributed by atoms with Crippen LogP contribution in [0.4, 0.5) is 10.1 Å². The van der Waals surface area contributed by atoms with Crippen LogP contribution in [0.3, 0.4) is 0 Å². The summed E-state index contributed by atoms with van der Waals surface area (Å²) in [7, 11) is 3.68. The largest absolute Gasteiger partial charge is 0.365 e. The normalized spacial score (nSPS) is 10.4. The highest BCUT2D eigenvalue weighted by Gasteiger charge is 2.10. The molecular weight excluding hydrogens is 233 g/mol. The van der Waals surface area contributed by atoms with Crippen LogP contribution >= 0.6 is 0 Å². The summed E-state index contributed by atoms with van der Waals surface area (Å²) in [5, 5.41) is 0. The first-order valence-corrected chi connectivity index (χ1v) is 5.54. The van der Waals surface area contributed by atoms with E-state index in [1.54, 1.807) is 30.3 Å². The Labute approximate surface area is 105 Å². The Morgan fingerprint density at radius 3 is 2.83 bits per heavy atom. The number of aryl methyl sites for hydroxylation is 1. The van der Waals surface area contributed by atoms with Gasteiger partial charge in [0.15, 0.2) is 0 Å². The van der Waals surface area contributed by atoms with E-state index in [1.807, 2.05) is 17.8 Å². The summed E-state index contributed by atoms with van der Waals surface area (Å²) in [4.78, 5) is 16.5. The van der Waals surface area contributed by atoms with Crippen molar-refractivity contribution < 1.29 is 9.18 Å². The molecule has 5 heteroatoms. The molecule has 0 saturated carbocycles. The van der Waals surface area contributed by atoms with Gasteiger partial charge < -0.3 is 9.47 Å². The van der Waals surface area contributed by atoms with Gasteiger partial charge in [-0.15, -0.1) is 0 Å². The minimum absolute atomic E-state index is 0.335. The molecule has 94 valence electrons. The van der Waals surface area contributed by atoms with Gasteiger partial charge in [-0.2, -0.15) is 0 Å². The van der Waals surface area contributed by atoms with E-state index < -0.39 is 5.82 Å². The van der Waals surface area contributed by atoms with E-state index in [1.165, 1.54) is 6.07 Å². The number of hydrogen-bond acceptors (Lipinski definition) is 3. The zero-order valence-electron chi connectivity index (χ0n) is 10.3. The minimum Gasteiger partial charge on any atom is -0.365 e. The van der Waals surface area contributed by atoms with Crippen LogP contribution in [0.2, 0.25) is 0 Å². The fourth-order valence-electron chi connectivity index (χ4n) is 1.75. The maximum absolute atomic E-state index is 13.8. The number of carbonyl (C=O) groups is 1. The number of benzene rings is 1. The van der Waals surface area contributed by atoms with Crippen LogP contribution in [0.1, 0.15) is 16.2 Å². The van der Waals surface area contributed by atoms with Crippen LogP contribution in [0.15, 0.2) is 30.6 Å². The number of imidazole rings is 1. The fourth-order valence-corrected chi connectivity index (χ4v) is 1.75. The maximum atomic E-state index is 13.8. The Kier molecular flexibility index (Phi) is 3.41. The summed E-state index contributed by atoms with van der Waals surface area (Å²) < 4.78 is 15.7. The topological polar surface area (TPSA) is 38.1 Å². The van der Waals surface area contributed by atoms with Crippen molar-refractivity contribution in [2.75, 3.05) is 11.9 Å². The van der Waals surface area contributed by atoms with Crippen LogP contribution in [-0.4, -0.2) is 22.9 Å². The van der Waals surface area contributed by atoms with E-state index in [0.717, 1.165) is 5.82 Å². The third-order valence-electron chi connectivity index (χ3n) is 2.82. The van der Waals surface area contributed by atoms with Gasteiger partial charge in [-0.1, -0.05) is 0 Å². The van der Waals surface area contributed by atoms with Gasteiger partial charge in [-0.05, 0) is 18.2 Å². The van der Waals surface area contributed by atoms with Gasteiger partial charge in [0.05, 0.1) is 12.2 Å². The summed E-state index contributed by atoms with van der Waals surface area (Å²) in [6.45, 7) is 0.501. The first kappa shape index (κ1) is 12.3. The zero-order chi connectivity index (χ0) is 13.1. The molecule has 0 aliphatic heterocycles. The molecule has 0 aliphatic rings. The minimum atomic E-state index is -0.406. The highest BCUT2D eigenvalue weighted by Crippen LogP contribution is 2.20. The number of rotatable bonds is 4. The van der Waals surface area contributed by atoms with Crippen molar-refractivity contribution in [3.05, 3.63) is 47.8 Å². The Hall–Kier alpha value is -2.17. The Morgan fingerprint density at radius 1 is 1.50 bits per heavy atom. The number of aromatic nitrogens is 2. The summed E-state index contributed by atoms with van der Waals surface area (Å²) in [5.74, 6) is 0.438. The van der Waals surface area contributed by atoms with Gasteiger partial charge in [-0.25, -0.2) is 9.37 Å². The lowest BCUT2D eigenvalue weighted by atomic mass is 10.2. The van der Waals surface area contributed by atoms with Crippen LogP contribution in [-0.2, 0) is 13.6 Å². The van der Waals surface area contributed by atoms with E-state index in [0.29, 0.717) is 24.1 Å². The molecule has 0 atom stereocenters. The first-order chi connectivity index (χ1) is 8.61. The highest BCUT2D eigenvalue weighted by molar-refractivity contribution is 5.75. The van der Waals surface area contributed by atoms with Crippen molar-refractivity contribution in [3.8, 4) is 0 Å². The molecule has 0 radical (unpaired) electrons. The molecule has 0 amide bonds. The van der Waals surface area contributed by atoms with Crippen molar-refractivity contribution in [2.24, 2.45) is 7.05 Å². The molecule has 0 spiro atoms. The molecule has 2 rings (SSSR count). The van der Waals surface area contributed by atoms with Crippen molar-refractivity contribution in [3.63, 3.8) is 0 Å². The van der Waals surface area contributed by atoms with Crippen molar-refractivity contribution >= 4 is 12.0 Å². The number of carbonyl (C=O) groups excluding carboxylic acids is 1. The fraction of sp³-hybridized carbons (Fsp3) is 0.231. The second-order valence-electron chi connectivity index (χ2n) is 4.14. The highest BCUT2D eigenvalue weighted by atomic mass is 19.1. The average Bonchev–Trinajstić information content (AvgIpc) is 2.74. The third-order valence-corrected chi connectivity index (χ3v) is 2.82. The van der Waals surface area contributed by atoms with Gasteiger partial charge in [-0.3, -0.25) is 4.79 Å². The van der Waals surface area contributed by atoms with E-state index in [4.69, 9.17) is 0 Å². The lowest BCUT2D eigenvalue weighted by Crippen LogP contribution is -2.20. The molecule has 0 bridgehead atoms. The van der Waals surface area contributed by atoms with Crippen molar-refractivity contribution in [1.29, 1.82) is 0 Å². The van der Waals surface area contributed by atoms with Crippen LogP contribution in [0.25, 0.3) is 0 Å². The molecular formula is C13H14FN3O. The summed E-state index contributed by atoms with van der Waals surface area (Å²) in [6, 6.07) is 4.43. The molecule has 18 heavy (non-hydrogen) atoms. The number of halogens is 1. The van der Waals surface area contributed by atoms with Gasteiger partial charge in [0.1, 0.15) is 17.9 Å². The maximum Gasteiger partial charge on any atom is 0.150 e. The predicted molar refractivity (Wildman–Crippen MR) is 67.1 cm³/mol.